The van der Waals surface area contributed by atoms with Crippen LogP contribution in [0.15, 0.2) is 24.3 Å². The van der Waals surface area contributed by atoms with Crippen molar-refractivity contribution < 1.29 is 47.8 Å². The van der Waals surface area contributed by atoms with E-state index in [1.807, 2.05) is 0 Å². The molecule has 1 unspecified atom stereocenters. The van der Waals surface area contributed by atoms with Gasteiger partial charge in [0.15, 0.2) is 0 Å². The molecule has 0 spiro atoms. The molecular formula is C27H41BrN8O10. The number of benzene rings is 1. The maximum atomic E-state index is 13.0. The van der Waals surface area contributed by atoms with Gasteiger partial charge in [0.25, 0.3) is 0 Å². The number of nitrogens with one attached hydrogen (secondary N) is 7. The molecule has 0 aliphatic heterocycles. The molecule has 1 atom stereocenters. The number of ether oxygens (including phenoxy) is 3. The van der Waals surface area contributed by atoms with Gasteiger partial charge in [0.1, 0.15) is 12.6 Å². The monoisotopic (exact) mass is 716 g/mol. The average Bonchev–Trinajstić information content (AvgIpc) is 3.02. The van der Waals surface area contributed by atoms with E-state index in [-0.39, 0.29) is 63.6 Å². The number of carbonyl (C=O) groups excluding carboxylic acids is 7. The summed E-state index contributed by atoms with van der Waals surface area (Å²) in [4.78, 5) is 82.0. The second-order valence-electron chi connectivity index (χ2n) is 9.36. The number of rotatable bonds is 21. The van der Waals surface area contributed by atoms with Gasteiger partial charge < -0.3 is 46.5 Å². The number of hydrogen-bond acceptors (Lipinski definition) is 10. The molecule has 0 heterocycles. The molecule has 8 amide bonds. The van der Waals surface area contributed by atoms with Crippen molar-refractivity contribution in [2.24, 2.45) is 5.73 Å². The Labute approximate surface area is 274 Å². The Balaban J connectivity index is 2.47. The summed E-state index contributed by atoms with van der Waals surface area (Å²) in [6, 6.07) is 4.61. The molecule has 0 radical (unpaired) electrons. The molecule has 9 N–H and O–H groups in total. The summed E-state index contributed by atoms with van der Waals surface area (Å²) in [5.41, 5.74) is 10.2. The summed E-state index contributed by atoms with van der Waals surface area (Å²) in [5, 5.41) is 13.0. The topological polar surface area (TPSA) is 257 Å². The number of nitrogens with two attached hydrogens (primary N) is 1. The van der Waals surface area contributed by atoms with Crippen molar-refractivity contribution in [1.29, 1.82) is 0 Å². The lowest BCUT2D eigenvalue weighted by Crippen LogP contribution is -2.47. The highest BCUT2D eigenvalue weighted by molar-refractivity contribution is 9.09. The van der Waals surface area contributed by atoms with E-state index in [4.69, 9.17) is 19.9 Å². The van der Waals surface area contributed by atoms with E-state index < -0.39 is 41.8 Å². The molecule has 18 nitrogen and oxygen atoms in total. The van der Waals surface area contributed by atoms with Crippen LogP contribution in [0.1, 0.15) is 31.7 Å². The summed E-state index contributed by atoms with van der Waals surface area (Å²) >= 11 is 3.04. The summed E-state index contributed by atoms with van der Waals surface area (Å²) in [5.74, 6) is -2.19. The van der Waals surface area contributed by atoms with Crippen LogP contribution in [0.2, 0.25) is 0 Å². The fourth-order valence-corrected chi connectivity index (χ4v) is 3.53. The minimum atomic E-state index is -1.00. The van der Waals surface area contributed by atoms with Crippen molar-refractivity contribution in [2.45, 2.75) is 38.8 Å². The molecule has 0 bridgehead atoms. The molecule has 1 rings (SSSR count). The van der Waals surface area contributed by atoms with Crippen molar-refractivity contribution in [3.63, 3.8) is 0 Å². The summed E-state index contributed by atoms with van der Waals surface area (Å²) < 4.78 is 15.6. The van der Waals surface area contributed by atoms with E-state index in [1.54, 1.807) is 24.3 Å². The van der Waals surface area contributed by atoms with E-state index in [9.17, 15) is 33.6 Å². The zero-order valence-corrected chi connectivity index (χ0v) is 27.0. The predicted octanol–water partition coefficient (Wildman–Crippen LogP) is -1.11. The molecular weight excluding hydrogens is 676 g/mol. The van der Waals surface area contributed by atoms with Crippen molar-refractivity contribution in [1.82, 2.24) is 32.1 Å². The van der Waals surface area contributed by atoms with Crippen molar-refractivity contribution in [3.8, 4) is 0 Å². The first-order valence-electron chi connectivity index (χ1n) is 14.2. The van der Waals surface area contributed by atoms with Crippen LogP contribution in [-0.2, 0) is 44.8 Å². The zero-order chi connectivity index (χ0) is 34.2. The van der Waals surface area contributed by atoms with Gasteiger partial charge in [0, 0.05) is 32.1 Å². The van der Waals surface area contributed by atoms with E-state index >= 15 is 0 Å². The van der Waals surface area contributed by atoms with Crippen LogP contribution in [0, 0.1) is 0 Å². The van der Waals surface area contributed by atoms with Gasteiger partial charge in [-0.05, 0) is 30.5 Å². The lowest BCUT2D eigenvalue weighted by molar-refractivity contribution is -0.128. The SMILES string of the molecule is CC(=O)NNC(=O)OCc1ccc(NC(=O)C(CCCNC(N)=O)NC(=O)CNC(=O)CCOCCOCCNC(=O)CBr)cc1. The molecule has 1 aromatic carbocycles. The smallest absolute Gasteiger partial charge is 0.426 e. The van der Waals surface area contributed by atoms with Crippen LogP contribution in [0.3, 0.4) is 0 Å². The van der Waals surface area contributed by atoms with Crippen LogP contribution in [-0.4, -0.2) is 99.1 Å². The molecule has 256 valence electrons. The second kappa shape index (κ2) is 23.8. The van der Waals surface area contributed by atoms with E-state index in [1.165, 1.54) is 6.92 Å². The van der Waals surface area contributed by atoms with Gasteiger partial charge in [-0.3, -0.25) is 29.4 Å². The molecule has 1 aromatic rings. The zero-order valence-electron chi connectivity index (χ0n) is 25.4. The van der Waals surface area contributed by atoms with Gasteiger partial charge >= 0.3 is 12.1 Å². The third-order valence-corrected chi connectivity index (χ3v) is 6.04. The van der Waals surface area contributed by atoms with Gasteiger partial charge in [0.2, 0.25) is 29.5 Å². The maximum Gasteiger partial charge on any atom is 0.426 e. The van der Waals surface area contributed by atoms with Gasteiger partial charge in [-0.15, -0.1) is 0 Å². The number of urea groups is 1. The Morgan fingerprint density at radius 2 is 1.52 bits per heavy atom. The Bertz CT molecular complexity index is 1160. The van der Waals surface area contributed by atoms with Crippen molar-refractivity contribution >= 4 is 63.3 Å². The highest BCUT2D eigenvalue weighted by Crippen LogP contribution is 2.12. The molecule has 0 aromatic heterocycles. The largest absolute Gasteiger partial charge is 0.443 e. The first-order valence-corrected chi connectivity index (χ1v) is 15.3. The molecule has 0 saturated heterocycles. The lowest BCUT2D eigenvalue weighted by Gasteiger charge is -2.19. The van der Waals surface area contributed by atoms with Crippen LogP contribution >= 0.6 is 15.9 Å². The Kier molecular flexibility index (Phi) is 20.5. The number of halogens is 1. The summed E-state index contributed by atoms with van der Waals surface area (Å²) in [7, 11) is 0. The number of amides is 8. The number of anilines is 1. The number of primary amides is 1. The standard InChI is InChI=1S/C27H41BrN8O10/c1-18(37)35-36-27(43)46-17-19-4-6-20(7-5-19)33-25(41)21(3-2-9-31-26(29)42)34-24(40)16-32-22(38)8-11-44-13-14-45-12-10-30-23(39)15-28/h4-7,21H,2-3,8-17H2,1H3,(H,30,39)(H,32,38)(H,33,41)(H,34,40)(H,35,37)(H,36,43)(H3,29,31,42). The van der Waals surface area contributed by atoms with E-state index in [0.29, 0.717) is 30.8 Å². The van der Waals surface area contributed by atoms with Gasteiger partial charge in [-0.1, -0.05) is 28.1 Å². The molecule has 46 heavy (non-hydrogen) atoms. The number of alkyl halides is 1. The number of hydrazine groups is 1. The van der Waals surface area contributed by atoms with Crippen molar-refractivity contribution in [3.05, 3.63) is 29.8 Å². The first kappa shape index (κ1) is 39.5. The number of carbonyl (C=O) groups is 7. The number of hydrogen-bond donors (Lipinski definition) is 8. The summed E-state index contributed by atoms with van der Waals surface area (Å²) in [6.45, 7) is 2.24. The van der Waals surface area contributed by atoms with Crippen molar-refractivity contribution in [2.75, 3.05) is 56.7 Å². The molecule has 0 fully saturated rings. The minimum Gasteiger partial charge on any atom is -0.443 e. The van der Waals surface area contributed by atoms with Crippen LogP contribution in [0.4, 0.5) is 15.3 Å². The van der Waals surface area contributed by atoms with E-state index in [0.717, 1.165) is 0 Å². The highest BCUT2D eigenvalue weighted by Gasteiger charge is 2.21. The fraction of sp³-hybridized carbons (Fsp3) is 0.519. The first-order chi connectivity index (χ1) is 22.0. The minimum absolute atomic E-state index is 0.00169. The third-order valence-electron chi connectivity index (χ3n) is 5.53. The molecule has 0 aliphatic carbocycles. The van der Waals surface area contributed by atoms with E-state index in [2.05, 4.69) is 53.4 Å². The second-order valence-corrected chi connectivity index (χ2v) is 9.92. The molecule has 19 heteroatoms. The Morgan fingerprint density at radius 3 is 2.17 bits per heavy atom. The quantitative estimate of drug-likeness (QED) is 0.0432. The van der Waals surface area contributed by atoms with Gasteiger partial charge in [-0.2, -0.15) is 0 Å². The van der Waals surface area contributed by atoms with Gasteiger partial charge in [0.05, 0.1) is 38.3 Å². The Morgan fingerprint density at radius 1 is 0.826 bits per heavy atom. The summed E-state index contributed by atoms with van der Waals surface area (Å²) in [6.07, 6.45) is -0.386. The Hall–Kier alpha value is -4.49. The highest BCUT2D eigenvalue weighted by atomic mass is 79.9. The average molecular weight is 718 g/mol. The maximum absolute atomic E-state index is 13.0. The predicted molar refractivity (Wildman–Crippen MR) is 167 cm³/mol. The molecule has 0 saturated carbocycles. The van der Waals surface area contributed by atoms with Crippen LogP contribution in [0.5, 0.6) is 0 Å². The van der Waals surface area contributed by atoms with Gasteiger partial charge in [-0.25, -0.2) is 15.0 Å². The normalized spacial score (nSPS) is 10.9. The van der Waals surface area contributed by atoms with Crippen LogP contribution in [0.25, 0.3) is 0 Å². The fourth-order valence-electron chi connectivity index (χ4n) is 3.33. The lowest BCUT2D eigenvalue weighted by atomic mass is 10.1. The van der Waals surface area contributed by atoms with Crippen LogP contribution < -0.4 is 43.2 Å². The third kappa shape index (κ3) is 20.5. The molecule has 0 aliphatic rings.